The summed E-state index contributed by atoms with van der Waals surface area (Å²) in [5.41, 5.74) is 1.78. The van der Waals surface area contributed by atoms with Crippen LogP contribution in [-0.4, -0.2) is 12.3 Å². The average molecular weight is 319 g/mol. The summed E-state index contributed by atoms with van der Waals surface area (Å²) >= 11 is 5.81. The maximum atomic E-state index is 12.9. The number of hydrogen-bond acceptors (Lipinski definition) is 1. The van der Waals surface area contributed by atoms with Crippen LogP contribution in [0.1, 0.15) is 13.3 Å². The lowest BCUT2D eigenvalue weighted by atomic mass is 10.1. The molecule has 0 saturated heterocycles. The van der Waals surface area contributed by atoms with Crippen molar-refractivity contribution in [2.45, 2.75) is 25.6 Å². The Balaban J connectivity index is 2.29. The lowest BCUT2D eigenvalue weighted by Gasteiger charge is -2.17. The third-order valence-corrected chi connectivity index (χ3v) is 3.20. The zero-order valence-corrected chi connectivity index (χ0v) is 11.7. The molecule has 0 aromatic heterocycles. The maximum Gasteiger partial charge on any atom is 0.417 e. The summed E-state index contributed by atoms with van der Waals surface area (Å²) in [5, 5.41) is 0.00914. The van der Waals surface area contributed by atoms with E-state index in [-0.39, 0.29) is 22.8 Å². The van der Waals surface area contributed by atoms with Crippen LogP contribution >= 0.6 is 11.6 Å². The third kappa shape index (κ3) is 3.90. The highest BCUT2D eigenvalue weighted by Gasteiger charge is 2.36. The van der Waals surface area contributed by atoms with Crippen LogP contribution in [0.3, 0.4) is 0 Å². The van der Waals surface area contributed by atoms with Gasteiger partial charge in [0.15, 0.2) is 0 Å². The summed E-state index contributed by atoms with van der Waals surface area (Å²) in [4.78, 5) is 0. The second-order valence-electron chi connectivity index (χ2n) is 4.52. The Morgan fingerprint density at radius 2 is 2.05 bits per heavy atom. The lowest BCUT2D eigenvalue weighted by Crippen LogP contribution is -2.19. The Bertz CT molecular complexity index is 640. The summed E-state index contributed by atoms with van der Waals surface area (Å²) in [5.74, 6) is -0.411. The van der Waals surface area contributed by atoms with Gasteiger partial charge >= 0.3 is 6.18 Å². The van der Waals surface area contributed by atoms with Crippen molar-refractivity contribution in [1.82, 2.24) is 0 Å². The largest absolute Gasteiger partial charge is 0.484 e. The fourth-order valence-electron chi connectivity index (χ4n) is 1.91. The molecule has 1 aromatic carbocycles. The van der Waals surface area contributed by atoms with Crippen molar-refractivity contribution >= 4 is 11.6 Å². The van der Waals surface area contributed by atoms with Gasteiger partial charge in [0.2, 0.25) is 0 Å². The highest BCUT2D eigenvalue weighted by molar-refractivity contribution is 6.32. The Hall–Kier alpha value is -1.71. The van der Waals surface area contributed by atoms with E-state index in [1.807, 2.05) is 0 Å². The van der Waals surface area contributed by atoms with Gasteiger partial charge in [-0.2, -0.15) is 13.2 Å². The normalized spacial score (nSPS) is 18.9. The lowest BCUT2D eigenvalue weighted by molar-refractivity contribution is -0.0899. The van der Waals surface area contributed by atoms with E-state index in [2.05, 4.69) is 5.73 Å². The fourth-order valence-corrected chi connectivity index (χ4v) is 2.12. The van der Waals surface area contributed by atoms with Crippen molar-refractivity contribution in [3.63, 3.8) is 0 Å². The molecule has 1 aliphatic carbocycles. The van der Waals surface area contributed by atoms with Gasteiger partial charge in [0.05, 0.1) is 10.6 Å². The standard InChI is InChI=1S/C15H11ClF4O/c1-9-3-2-4-11(8-12(9)15(18,19)20)21-14-6-5-10(17)7-13(14)16/h2,5-8,11H,4H2,1H3. The van der Waals surface area contributed by atoms with E-state index in [0.717, 1.165) is 18.2 Å². The number of ether oxygens (including phenoxy) is 1. The van der Waals surface area contributed by atoms with Crippen molar-refractivity contribution in [2.75, 3.05) is 0 Å². The van der Waals surface area contributed by atoms with Gasteiger partial charge in [-0.3, -0.25) is 0 Å². The minimum atomic E-state index is -4.48. The predicted molar refractivity (Wildman–Crippen MR) is 71.9 cm³/mol. The van der Waals surface area contributed by atoms with E-state index in [1.165, 1.54) is 19.1 Å². The molecule has 1 nitrogen and oxygen atoms in total. The molecule has 2 rings (SSSR count). The van der Waals surface area contributed by atoms with Gasteiger partial charge in [0.25, 0.3) is 0 Å². The second-order valence-corrected chi connectivity index (χ2v) is 4.93. The summed E-state index contributed by atoms with van der Waals surface area (Å²) < 4.78 is 57.2. The number of hydrogen-bond donors (Lipinski definition) is 0. The first-order chi connectivity index (χ1) is 9.77. The molecule has 0 N–H and O–H groups in total. The minimum Gasteiger partial charge on any atom is -0.484 e. The molecular formula is C15H11ClF4O. The Morgan fingerprint density at radius 3 is 2.67 bits per heavy atom. The topological polar surface area (TPSA) is 9.23 Å². The molecule has 0 radical (unpaired) electrons. The van der Waals surface area contributed by atoms with Crippen LogP contribution < -0.4 is 4.74 Å². The quantitative estimate of drug-likeness (QED) is 0.536. The molecule has 1 unspecified atom stereocenters. The summed E-state index contributed by atoms with van der Waals surface area (Å²) in [6, 6.07) is 3.46. The summed E-state index contributed by atoms with van der Waals surface area (Å²) in [6.07, 6.45) is -2.65. The Labute approximate surface area is 124 Å². The zero-order valence-electron chi connectivity index (χ0n) is 11.0. The molecule has 0 bridgehead atoms. The monoisotopic (exact) mass is 318 g/mol. The van der Waals surface area contributed by atoms with Gasteiger partial charge < -0.3 is 4.74 Å². The third-order valence-electron chi connectivity index (χ3n) is 2.90. The first kappa shape index (κ1) is 15.7. The molecule has 0 spiro atoms. The van der Waals surface area contributed by atoms with Crippen LogP contribution in [0, 0.1) is 5.82 Å². The number of alkyl halides is 3. The van der Waals surface area contributed by atoms with Crippen LogP contribution in [0.25, 0.3) is 0 Å². The van der Waals surface area contributed by atoms with E-state index in [1.54, 1.807) is 0 Å². The molecule has 6 heteroatoms. The van der Waals surface area contributed by atoms with E-state index < -0.39 is 23.7 Å². The van der Waals surface area contributed by atoms with Crippen LogP contribution in [0.5, 0.6) is 5.75 Å². The van der Waals surface area contributed by atoms with Gasteiger partial charge in [-0.15, -0.1) is 5.73 Å². The molecule has 1 aliphatic rings. The van der Waals surface area contributed by atoms with Gasteiger partial charge in [0, 0.05) is 12.0 Å². The average Bonchev–Trinajstić information content (AvgIpc) is 2.54. The number of allylic oxidation sites excluding steroid dienone is 1. The van der Waals surface area contributed by atoms with Gasteiger partial charge in [-0.1, -0.05) is 11.6 Å². The SMILES string of the molecule is CC1=C=CCC(Oc2ccc(F)cc2Cl)C=C1C(F)(F)F. The minimum absolute atomic E-state index is 0.00111. The first-order valence-electron chi connectivity index (χ1n) is 6.10. The van der Waals surface area contributed by atoms with Crippen molar-refractivity contribution < 1.29 is 22.3 Å². The number of benzene rings is 1. The second kappa shape index (κ2) is 5.96. The molecule has 21 heavy (non-hydrogen) atoms. The first-order valence-corrected chi connectivity index (χ1v) is 6.48. The van der Waals surface area contributed by atoms with Crippen molar-refractivity contribution in [3.05, 3.63) is 58.1 Å². The van der Waals surface area contributed by atoms with E-state index >= 15 is 0 Å². The molecule has 112 valence electrons. The van der Waals surface area contributed by atoms with Crippen molar-refractivity contribution in [1.29, 1.82) is 0 Å². The molecule has 1 aromatic rings. The number of rotatable bonds is 2. The summed E-state index contributed by atoms with van der Waals surface area (Å²) in [6.45, 7) is 1.34. The molecule has 0 heterocycles. The van der Waals surface area contributed by atoms with E-state index in [4.69, 9.17) is 16.3 Å². The highest BCUT2D eigenvalue weighted by atomic mass is 35.5. The Kier molecular flexibility index (Phi) is 4.45. The molecule has 0 aliphatic heterocycles. The molecular weight excluding hydrogens is 308 g/mol. The molecule has 0 saturated carbocycles. The van der Waals surface area contributed by atoms with Crippen LogP contribution in [0.4, 0.5) is 17.6 Å². The summed E-state index contributed by atoms with van der Waals surface area (Å²) in [7, 11) is 0. The predicted octanol–water partition coefficient (Wildman–Crippen LogP) is 5.22. The van der Waals surface area contributed by atoms with Gasteiger partial charge in [0.1, 0.15) is 17.7 Å². The van der Waals surface area contributed by atoms with Crippen LogP contribution in [0.2, 0.25) is 5.02 Å². The maximum absolute atomic E-state index is 12.9. The molecule has 0 amide bonds. The number of halogens is 5. The fraction of sp³-hybridized carbons (Fsp3) is 0.267. The zero-order chi connectivity index (χ0) is 15.6. The van der Waals surface area contributed by atoms with Crippen molar-refractivity contribution in [2.24, 2.45) is 0 Å². The van der Waals surface area contributed by atoms with Gasteiger partial charge in [-0.25, -0.2) is 4.39 Å². The van der Waals surface area contributed by atoms with Crippen molar-refractivity contribution in [3.8, 4) is 5.75 Å². The van der Waals surface area contributed by atoms with E-state index in [9.17, 15) is 17.6 Å². The molecule has 1 atom stereocenters. The van der Waals surface area contributed by atoms with E-state index in [0.29, 0.717) is 0 Å². The van der Waals surface area contributed by atoms with Crippen LogP contribution in [0.15, 0.2) is 47.2 Å². The smallest absolute Gasteiger partial charge is 0.417 e. The van der Waals surface area contributed by atoms with Gasteiger partial charge in [-0.05, 0) is 37.3 Å². The highest BCUT2D eigenvalue weighted by Crippen LogP contribution is 2.34. The Morgan fingerprint density at radius 1 is 1.33 bits per heavy atom. The molecule has 0 fully saturated rings. The van der Waals surface area contributed by atoms with Crippen LogP contribution in [-0.2, 0) is 0 Å².